The average Bonchev–Trinajstić information content (AvgIpc) is 2.25. The molecule has 0 heteroatoms. The summed E-state index contributed by atoms with van der Waals surface area (Å²) in [7, 11) is 0. The Morgan fingerprint density at radius 3 is 2.50 bits per heavy atom. The molecule has 1 aliphatic carbocycles. The standard InChI is InChI=1S/C14H24/c1-2-3-4-5-6-8-11-14-12-9-7-10-13-14/h14H,2,5-13H2,1H3. The highest BCUT2D eigenvalue weighted by atomic mass is 14.2. The predicted octanol–water partition coefficient (Wildman–Crippen LogP) is 4.54. The van der Waals surface area contributed by atoms with Crippen molar-refractivity contribution in [3.63, 3.8) is 0 Å². The van der Waals surface area contributed by atoms with Gasteiger partial charge in [-0.25, -0.2) is 0 Å². The molecule has 0 unspecified atom stereocenters. The third kappa shape index (κ3) is 5.32. The van der Waals surface area contributed by atoms with Crippen LogP contribution in [0, 0.1) is 17.8 Å². The molecular weight excluding hydrogens is 168 g/mol. The van der Waals surface area contributed by atoms with Crippen LogP contribution in [-0.4, -0.2) is 0 Å². The first kappa shape index (κ1) is 11.6. The zero-order valence-corrected chi connectivity index (χ0v) is 9.65. The van der Waals surface area contributed by atoms with Gasteiger partial charge in [0, 0.05) is 12.8 Å². The lowest BCUT2D eigenvalue weighted by molar-refractivity contribution is 0.330. The molecule has 0 amide bonds. The predicted molar refractivity (Wildman–Crippen MR) is 63.1 cm³/mol. The molecule has 0 N–H and O–H groups in total. The molecule has 1 aliphatic rings. The number of rotatable bonds is 4. The molecular formula is C14H24. The molecule has 14 heavy (non-hydrogen) atoms. The minimum absolute atomic E-state index is 1.02. The molecule has 1 saturated carbocycles. The lowest BCUT2D eigenvalue weighted by atomic mass is 9.86. The molecule has 0 aliphatic heterocycles. The van der Waals surface area contributed by atoms with Gasteiger partial charge in [0.2, 0.25) is 0 Å². The largest absolute Gasteiger partial charge is 0.104 e. The van der Waals surface area contributed by atoms with Gasteiger partial charge in [0.1, 0.15) is 0 Å². The topological polar surface area (TPSA) is 0 Å². The third-order valence-corrected chi connectivity index (χ3v) is 3.19. The highest BCUT2D eigenvalue weighted by molar-refractivity contribution is 4.97. The van der Waals surface area contributed by atoms with Crippen molar-refractivity contribution in [2.75, 3.05) is 0 Å². The van der Waals surface area contributed by atoms with Crippen LogP contribution < -0.4 is 0 Å². The van der Waals surface area contributed by atoms with E-state index in [1.165, 1.54) is 51.4 Å². The van der Waals surface area contributed by atoms with Crippen molar-refractivity contribution in [1.29, 1.82) is 0 Å². The first-order valence-electron chi connectivity index (χ1n) is 6.39. The van der Waals surface area contributed by atoms with E-state index >= 15 is 0 Å². The van der Waals surface area contributed by atoms with Crippen LogP contribution in [-0.2, 0) is 0 Å². The van der Waals surface area contributed by atoms with Gasteiger partial charge in [-0.1, -0.05) is 51.9 Å². The molecule has 0 aromatic rings. The Bertz CT molecular complexity index is 176. The summed E-state index contributed by atoms with van der Waals surface area (Å²) in [6.45, 7) is 2.12. The van der Waals surface area contributed by atoms with E-state index in [-0.39, 0.29) is 0 Å². The molecule has 0 nitrogen and oxygen atoms in total. The number of hydrogen-bond donors (Lipinski definition) is 0. The number of unbranched alkanes of at least 4 members (excludes halogenated alkanes) is 2. The van der Waals surface area contributed by atoms with Gasteiger partial charge in [-0.05, 0) is 12.3 Å². The Balaban J connectivity index is 1.92. The Morgan fingerprint density at radius 1 is 1.00 bits per heavy atom. The van der Waals surface area contributed by atoms with Crippen LogP contribution in [0.15, 0.2) is 0 Å². The Labute approximate surface area is 89.5 Å². The second kappa shape index (κ2) is 7.92. The summed E-state index contributed by atoms with van der Waals surface area (Å²) in [5, 5.41) is 0. The summed E-state index contributed by atoms with van der Waals surface area (Å²) in [5.41, 5.74) is 0. The molecule has 0 radical (unpaired) electrons. The van der Waals surface area contributed by atoms with Gasteiger partial charge in [-0.3, -0.25) is 0 Å². The summed E-state index contributed by atoms with van der Waals surface area (Å²) < 4.78 is 0. The van der Waals surface area contributed by atoms with Gasteiger partial charge in [-0.15, -0.1) is 11.8 Å². The van der Waals surface area contributed by atoms with Crippen LogP contribution in [0.3, 0.4) is 0 Å². The number of hydrogen-bond acceptors (Lipinski definition) is 0. The van der Waals surface area contributed by atoms with Crippen molar-refractivity contribution in [2.45, 2.75) is 71.1 Å². The lowest BCUT2D eigenvalue weighted by Gasteiger charge is -2.20. The molecule has 80 valence electrons. The van der Waals surface area contributed by atoms with Gasteiger partial charge < -0.3 is 0 Å². The minimum atomic E-state index is 1.02. The van der Waals surface area contributed by atoms with Crippen molar-refractivity contribution in [3.8, 4) is 11.8 Å². The van der Waals surface area contributed by atoms with Gasteiger partial charge in [0.25, 0.3) is 0 Å². The summed E-state index contributed by atoms with van der Waals surface area (Å²) in [5.74, 6) is 7.42. The lowest BCUT2D eigenvalue weighted by Crippen LogP contribution is -2.05. The second-order valence-corrected chi connectivity index (χ2v) is 4.46. The zero-order valence-electron chi connectivity index (χ0n) is 9.65. The fourth-order valence-electron chi connectivity index (χ4n) is 2.34. The molecule has 0 aromatic carbocycles. The highest BCUT2D eigenvalue weighted by Crippen LogP contribution is 2.27. The smallest absolute Gasteiger partial charge is 0.00886 e. The van der Waals surface area contributed by atoms with Gasteiger partial charge >= 0.3 is 0 Å². The van der Waals surface area contributed by atoms with Crippen LogP contribution in [0.5, 0.6) is 0 Å². The molecule has 1 fully saturated rings. The fraction of sp³-hybridized carbons (Fsp3) is 0.857. The van der Waals surface area contributed by atoms with Gasteiger partial charge in [0.15, 0.2) is 0 Å². The molecule has 0 atom stereocenters. The third-order valence-electron chi connectivity index (χ3n) is 3.19. The van der Waals surface area contributed by atoms with E-state index in [1.54, 1.807) is 0 Å². The van der Waals surface area contributed by atoms with E-state index in [2.05, 4.69) is 18.8 Å². The van der Waals surface area contributed by atoms with Crippen LogP contribution in [0.25, 0.3) is 0 Å². The maximum atomic E-state index is 3.22. The maximum Gasteiger partial charge on any atom is 0.00886 e. The summed E-state index contributed by atoms with van der Waals surface area (Å²) in [4.78, 5) is 0. The molecule has 1 rings (SSSR count). The summed E-state index contributed by atoms with van der Waals surface area (Å²) in [6.07, 6.45) is 13.8. The molecule has 0 spiro atoms. The minimum Gasteiger partial charge on any atom is -0.104 e. The maximum absolute atomic E-state index is 3.22. The van der Waals surface area contributed by atoms with E-state index in [0.717, 1.165) is 18.8 Å². The van der Waals surface area contributed by atoms with E-state index in [0.29, 0.717) is 0 Å². The quantitative estimate of drug-likeness (QED) is 0.453. The van der Waals surface area contributed by atoms with E-state index < -0.39 is 0 Å². The summed E-state index contributed by atoms with van der Waals surface area (Å²) in [6, 6.07) is 0. The van der Waals surface area contributed by atoms with Crippen LogP contribution in [0.1, 0.15) is 71.1 Å². The van der Waals surface area contributed by atoms with Crippen LogP contribution in [0.4, 0.5) is 0 Å². The van der Waals surface area contributed by atoms with Crippen molar-refractivity contribution in [2.24, 2.45) is 5.92 Å². The Morgan fingerprint density at radius 2 is 1.79 bits per heavy atom. The van der Waals surface area contributed by atoms with Crippen molar-refractivity contribution >= 4 is 0 Å². The SMILES string of the molecule is CCC#CCCCCC1CCCCC1. The monoisotopic (exact) mass is 192 g/mol. The van der Waals surface area contributed by atoms with Crippen molar-refractivity contribution < 1.29 is 0 Å². The normalized spacial score (nSPS) is 17.5. The van der Waals surface area contributed by atoms with Gasteiger partial charge in [-0.2, -0.15) is 0 Å². The van der Waals surface area contributed by atoms with E-state index in [1.807, 2.05) is 0 Å². The molecule has 0 bridgehead atoms. The molecule has 0 heterocycles. The molecule has 0 saturated heterocycles. The van der Waals surface area contributed by atoms with Crippen molar-refractivity contribution in [1.82, 2.24) is 0 Å². The van der Waals surface area contributed by atoms with E-state index in [4.69, 9.17) is 0 Å². The van der Waals surface area contributed by atoms with E-state index in [9.17, 15) is 0 Å². The Kier molecular flexibility index (Phi) is 6.58. The van der Waals surface area contributed by atoms with Crippen LogP contribution >= 0.6 is 0 Å². The van der Waals surface area contributed by atoms with Gasteiger partial charge in [0.05, 0.1) is 0 Å². The van der Waals surface area contributed by atoms with Crippen LogP contribution in [0.2, 0.25) is 0 Å². The average molecular weight is 192 g/mol. The first-order chi connectivity index (χ1) is 6.93. The second-order valence-electron chi connectivity index (χ2n) is 4.46. The fourth-order valence-corrected chi connectivity index (χ4v) is 2.34. The highest BCUT2D eigenvalue weighted by Gasteiger charge is 2.11. The van der Waals surface area contributed by atoms with Crippen molar-refractivity contribution in [3.05, 3.63) is 0 Å². The zero-order chi connectivity index (χ0) is 10.1. The first-order valence-corrected chi connectivity index (χ1v) is 6.39. The summed E-state index contributed by atoms with van der Waals surface area (Å²) >= 11 is 0. The Hall–Kier alpha value is -0.440. The molecule has 0 aromatic heterocycles.